The Balaban J connectivity index is 3.15. The second-order valence-corrected chi connectivity index (χ2v) is 6.54. The summed E-state index contributed by atoms with van der Waals surface area (Å²) >= 11 is 0. The Labute approximate surface area is 129 Å². The third-order valence-corrected chi connectivity index (χ3v) is 4.56. The number of carbonyl (C=O) groups is 2. The number of pyridine rings is 1. The van der Waals surface area contributed by atoms with E-state index in [4.69, 9.17) is 9.47 Å². The van der Waals surface area contributed by atoms with E-state index in [1.807, 2.05) is 0 Å². The lowest BCUT2D eigenvalue weighted by molar-refractivity contribution is -0.157. The zero-order chi connectivity index (χ0) is 16.8. The predicted octanol–water partition coefficient (Wildman–Crippen LogP) is 1.08. The largest absolute Gasteiger partial charge is 0.465 e. The van der Waals surface area contributed by atoms with Gasteiger partial charge in [-0.25, -0.2) is 8.42 Å². The van der Waals surface area contributed by atoms with E-state index < -0.39 is 27.7 Å². The van der Waals surface area contributed by atoms with Gasteiger partial charge in [-0.3, -0.25) is 14.6 Å². The van der Waals surface area contributed by atoms with Gasteiger partial charge in [0.15, 0.2) is 15.8 Å². The smallest absolute Gasteiger partial charge is 0.326 e. The highest BCUT2D eigenvalue weighted by Gasteiger charge is 2.33. The quantitative estimate of drug-likeness (QED) is 0.545. The van der Waals surface area contributed by atoms with Crippen LogP contribution in [0, 0.1) is 0 Å². The maximum absolute atomic E-state index is 11.9. The highest BCUT2D eigenvalue weighted by molar-refractivity contribution is 7.91. The van der Waals surface area contributed by atoms with Crippen LogP contribution in [0.3, 0.4) is 0 Å². The number of esters is 2. The molecule has 0 spiro atoms. The Morgan fingerprint density at radius 2 is 1.64 bits per heavy atom. The Hall–Kier alpha value is -1.96. The number of nitrogens with zero attached hydrogens (tertiary/aromatic N) is 1. The minimum absolute atomic E-state index is 0.0326. The van der Waals surface area contributed by atoms with E-state index in [0.29, 0.717) is 0 Å². The summed E-state index contributed by atoms with van der Waals surface area (Å²) in [4.78, 5) is 27.8. The molecule has 0 unspecified atom stereocenters. The van der Waals surface area contributed by atoms with Crippen molar-refractivity contribution in [3.63, 3.8) is 0 Å². The van der Waals surface area contributed by atoms with Crippen molar-refractivity contribution in [3.05, 3.63) is 24.0 Å². The number of hydrogen-bond acceptors (Lipinski definition) is 7. The van der Waals surface area contributed by atoms with E-state index in [1.54, 1.807) is 13.8 Å². The molecule has 0 aliphatic heterocycles. The minimum Gasteiger partial charge on any atom is -0.465 e. The SMILES string of the molecule is CCOC(=O)C(C(=O)OCC)c1ccc(S(=O)(=O)CC)cn1. The predicted molar refractivity (Wildman–Crippen MR) is 78.0 cm³/mol. The first kappa shape index (κ1) is 18.1. The van der Waals surface area contributed by atoms with Gasteiger partial charge >= 0.3 is 11.9 Å². The molecule has 0 aliphatic rings. The molecule has 0 aromatic carbocycles. The zero-order valence-electron chi connectivity index (χ0n) is 12.7. The standard InChI is InChI=1S/C14H19NO6S/c1-4-20-13(16)12(14(17)21-5-2)11-8-7-10(9-15-11)22(18,19)6-3/h7-9,12H,4-6H2,1-3H3. The summed E-state index contributed by atoms with van der Waals surface area (Å²) in [6, 6.07) is 2.63. The van der Waals surface area contributed by atoms with E-state index in [-0.39, 0.29) is 29.6 Å². The number of sulfone groups is 1. The first-order valence-corrected chi connectivity index (χ1v) is 8.54. The number of hydrogen-bond donors (Lipinski definition) is 0. The van der Waals surface area contributed by atoms with Gasteiger partial charge in [-0.05, 0) is 26.0 Å². The summed E-state index contributed by atoms with van der Waals surface area (Å²) in [5.74, 6) is -2.94. The molecular formula is C14H19NO6S. The lowest BCUT2D eigenvalue weighted by Crippen LogP contribution is -2.27. The van der Waals surface area contributed by atoms with Gasteiger partial charge in [-0.1, -0.05) is 6.92 Å². The maximum Gasteiger partial charge on any atom is 0.326 e. The molecule has 7 nitrogen and oxygen atoms in total. The zero-order valence-corrected chi connectivity index (χ0v) is 13.6. The van der Waals surface area contributed by atoms with E-state index >= 15 is 0 Å². The molecule has 0 aliphatic carbocycles. The molecule has 22 heavy (non-hydrogen) atoms. The first-order valence-electron chi connectivity index (χ1n) is 6.89. The van der Waals surface area contributed by atoms with Crippen LogP contribution in [0.25, 0.3) is 0 Å². The van der Waals surface area contributed by atoms with E-state index in [9.17, 15) is 18.0 Å². The van der Waals surface area contributed by atoms with E-state index in [0.717, 1.165) is 6.20 Å². The molecule has 1 heterocycles. The second-order valence-electron chi connectivity index (χ2n) is 4.26. The fraction of sp³-hybridized carbons (Fsp3) is 0.500. The second kappa shape index (κ2) is 7.88. The first-order chi connectivity index (χ1) is 10.4. The van der Waals surface area contributed by atoms with Crippen molar-refractivity contribution in [2.45, 2.75) is 31.6 Å². The van der Waals surface area contributed by atoms with Crippen LogP contribution in [0.4, 0.5) is 0 Å². The topological polar surface area (TPSA) is 99.6 Å². The van der Waals surface area contributed by atoms with Gasteiger partial charge in [-0.2, -0.15) is 0 Å². The third kappa shape index (κ3) is 4.27. The fourth-order valence-corrected chi connectivity index (χ4v) is 2.52. The molecule has 0 saturated carbocycles. The van der Waals surface area contributed by atoms with Gasteiger partial charge in [0.25, 0.3) is 0 Å². The number of carbonyl (C=O) groups excluding carboxylic acids is 2. The van der Waals surface area contributed by atoms with Gasteiger partial charge in [0, 0.05) is 6.20 Å². The van der Waals surface area contributed by atoms with Crippen LogP contribution in [0.1, 0.15) is 32.4 Å². The Bertz CT molecular complexity index is 605. The summed E-state index contributed by atoms with van der Waals surface area (Å²) in [6.45, 7) is 4.96. The highest BCUT2D eigenvalue weighted by atomic mass is 32.2. The number of aromatic nitrogens is 1. The highest BCUT2D eigenvalue weighted by Crippen LogP contribution is 2.19. The van der Waals surface area contributed by atoms with Crippen molar-refractivity contribution >= 4 is 21.8 Å². The molecule has 0 fully saturated rings. The summed E-state index contributed by atoms with van der Waals surface area (Å²) in [7, 11) is -3.40. The summed E-state index contributed by atoms with van der Waals surface area (Å²) in [5.41, 5.74) is 0.0898. The molecule has 0 radical (unpaired) electrons. The number of rotatable bonds is 7. The van der Waals surface area contributed by atoms with Crippen LogP contribution in [-0.4, -0.2) is 44.3 Å². The van der Waals surface area contributed by atoms with Gasteiger partial charge < -0.3 is 9.47 Å². The van der Waals surface area contributed by atoms with Crippen LogP contribution in [-0.2, 0) is 28.9 Å². The molecular weight excluding hydrogens is 310 g/mol. The van der Waals surface area contributed by atoms with Gasteiger partial charge in [-0.15, -0.1) is 0 Å². The Kier molecular flexibility index (Phi) is 6.48. The van der Waals surface area contributed by atoms with Crippen molar-refractivity contribution in [2.24, 2.45) is 0 Å². The molecule has 0 bridgehead atoms. The fourth-order valence-electron chi connectivity index (χ4n) is 1.70. The molecule has 1 aromatic rings. The van der Waals surface area contributed by atoms with Crippen molar-refractivity contribution in [2.75, 3.05) is 19.0 Å². The number of ether oxygens (including phenoxy) is 2. The molecule has 1 aromatic heterocycles. The maximum atomic E-state index is 11.9. The average molecular weight is 329 g/mol. The van der Waals surface area contributed by atoms with Crippen molar-refractivity contribution in [1.82, 2.24) is 4.98 Å². The Morgan fingerprint density at radius 1 is 1.09 bits per heavy atom. The molecule has 0 saturated heterocycles. The van der Waals surface area contributed by atoms with Crippen LogP contribution in [0.5, 0.6) is 0 Å². The van der Waals surface area contributed by atoms with Crippen molar-refractivity contribution in [3.8, 4) is 0 Å². The monoisotopic (exact) mass is 329 g/mol. The Morgan fingerprint density at radius 3 is 2.00 bits per heavy atom. The molecule has 8 heteroatoms. The van der Waals surface area contributed by atoms with E-state index in [1.165, 1.54) is 19.1 Å². The van der Waals surface area contributed by atoms with Gasteiger partial charge in [0.1, 0.15) is 0 Å². The molecule has 0 amide bonds. The van der Waals surface area contributed by atoms with Crippen LogP contribution < -0.4 is 0 Å². The third-order valence-electron chi connectivity index (χ3n) is 2.84. The molecule has 0 N–H and O–H groups in total. The summed E-state index contributed by atoms with van der Waals surface area (Å²) in [6.07, 6.45) is 1.12. The normalized spacial score (nSPS) is 11.3. The lowest BCUT2D eigenvalue weighted by Gasteiger charge is -2.14. The van der Waals surface area contributed by atoms with Gasteiger partial charge in [0.05, 0.1) is 29.6 Å². The summed E-state index contributed by atoms with van der Waals surface area (Å²) in [5, 5.41) is 0. The average Bonchev–Trinajstić information content (AvgIpc) is 2.48. The molecule has 122 valence electrons. The minimum atomic E-state index is -3.40. The lowest BCUT2D eigenvalue weighted by atomic mass is 10.1. The van der Waals surface area contributed by atoms with Crippen LogP contribution in [0.15, 0.2) is 23.2 Å². The van der Waals surface area contributed by atoms with Crippen LogP contribution >= 0.6 is 0 Å². The molecule has 0 atom stereocenters. The van der Waals surface area contributed by atoms with Crippen molar-refractivity contribution in [1.29, 1.82) is 0 Å². The molecule has 1 rings (SSSR count). The summed E-state index contributed by atoms with van der Waals surface area (Å²) < 4.78 is 33.2. The van der Waals surface area contributed by atoms with E-state index in [2.05, 4.69) is 4.98 Å². The van der Waals surface area contributed by atoms with Crippen molar-refractivity contribution < 1.29 is 27.5 Å². The van der Waals surface area contributed by atoms with Gasteiger partial charge in [0.2, 0.25) is 0 Å². The van der Waals surface area contributed by atoms with Crippen LogP contribution in [0.2, 0.25) is 0 Å².